The van der Waals surface area contributed by atoms with Gasteiger partial charge in [-0.3, -0.25) is 4.79 Å². The first-order valence-electron chi connectivity index (χ1n) is 4.10. The highest BCUT2D eigenvalue weighted by atomic mass is 79.9. The van der Waals surface area contributed by atoms with Gasteiger partial charge in [0.2, 0.25) is 0 Å². The lowest BCUT2D eigenvalue weighted by atomic mass is 10.0. The first-order valence-corrected chi connectivity index (χ1v) is 5.60. The van der Waals surface area contributed by atoms with Crippen LogP contribution in [0.5, 0.6) is 0 Å². The van der Waals surface area contributed by atoms with Gasteiger partial charge < -0.3 is 5.11 Å². The Labute approximate surface area is 96.0 Å². The SMILES string of the molecule is Cc1cc(CC(=O)O)c(Cl)cc1CBr. The molecule has 1 rings (SSSR count). The Hall–Kier alpha value is -0.540. The lowest BCUT2D eigenvalue weighted by Crippen LogP contribution is -2.02. The van der Waals surface area contributed by atoms with Gasteiger partial charge in [-0.25, -0.2) is 0 Å². The number of hydrogen-bond acceptors (Lipinski definition) is 1. The topological polar surface area (TPSA) is 37.3 Å². The molecule has 0 amide bonds. The van der Waals surface area contributed by atoms with E-state index in [-0.39, 0.29) is 6.42 Å². The second-order valence-electron chi connectivity index (χ2n) is 3.07. The summed E-state index contributed by atoms with van der Waals surface area (Å²) in [5.41, 5.74) is 2.81. The number of benzene rings is 1. The van der Waals surface area contributed by atoms with Crippen LogP contribution in [-0.2, 0) is 16.5 Å². The Balaban J connectivity index is 3.08. The summed E-state index contributed by atoms with van der Waals surface area (Å²) in [6, 6.07) is 3.64. The fraction of sp³-hybridized carbons (Fsp3) is 0.300. The summed E-state index contributed by atoms with van der Waals surface area (Å²) in [7, 11) is 0. The van der Waals surface area contributed by atoms with E-state index in [9.17, 15) is 4.79 Å². The van der Waals surface area contributed by atoms with Crippen LogP contribution < -0.4 is 0 Å². The molecule has 0 heterocycles. The highest BCUT2D eigenvalue weighted by Crippen LogP contribution is 2.23. The molecule has 0 radical (unpaired) electrons. The average molecular weight is 278 g/mol. The van der Waals surface area contributed by atoms with Crippen molar-refractivity contribution >= 4 is 33.5 Å². The fourth-order valence-electron chi connectivity index (χ4n) is 1.22. The van der Waals surface area contributed by atoms with Gasteiger partial charge in [0.1, 0.15) is 0 Å². The smallest absolute Gasteiger partial charge is 0.307 e. The Bertz CT molecular complexity index is 363. The van der Waals surface area contributed by atoms with Gasteiger partial charge >= 0.3 is 5.97 Å². The van der Waals surface area contributed by atoms with E-state index in [1.54, 1.807) is 0 Å². The van der Waals surface area contributed by atoms with Gasteiger partial charge in [-0.1, -0.05) is 33.6 Å². The molecule has 0 unspecified atom stereocenters. The van der Waals surface area contributed by atoms with Crippen LogP contribution in [0.15, 0.2) is 12.1 Å². The summed E-state index contributed by atoms with van der Waals surface area (Å²) < 4.78 is 0. The molecule has 14 heavy (non-hydrogen) atoms. The van der Waals surface area contributed by atoms with E-state index in [1.807, 2.05) is 19.1 Å². The summed E-state index contributed by atoms with van der Waals surface area (Å²) in [6.07, 6.45) is -0.0256. The van der Waals surface area contributed by atoms with Gasteiger partial charge in [-0.15, -0.1) is 0 Å². The van der Waals surface area contributed by atoms with Crippen molar-refractivity contribution in [3.8, 4) is 0 Å². The van der Waals surface area contributed by atoms with Crippen LogP contribution in [-0.4, -0.2) is 11.1 Å². The van der Waals surface area contributed by atoms with E-state index < -0.39 is 5.97 Å². The lowest BCUT2D eigenvalue weighted by Gasteiger charge is -2.07. The van der Waals surface area contributed by atoms with Gasteiger partial charge in [0, 0.05) is 10.4 Å². The first kappa shape index (κ1) is 11.5. The molecule has 0 fully saturated rings. The third-order valence-electron chi connectivity index (χ3n) is 1.99. The van der Waals surface area contributed by atoms with Gasteiger partial charge in [-0.2, -0.15) is 0 Å². The number of carboxylic acids is 1. The van der Waals surface area contributed by atoms with Crippen molar-refractivity contribution in [2.24, 2.45) is 0 Å². The van der Waals surface area contributed by atoms with Crippen LogP contribution in [0.25, 0.3) is 0 Å². The maximum absolute atomic E-state index is 10.5. The van der Waals surface area contributed by atoms with Crippen molar-refractivity contribution in [1.82, 2.24) is 0 Å². The fourth-order valence-corrected chi connectivity index (χ4v) is 2.08. The molecule has 1 aromatic carbocycles. The summed E-state index contributed by atoms with van der Waals surface area (Å²) >= 11 is 9.28. The van der Waals surface area contributed by atoms with Crippen molar-refractivity contribution in [2.45, 2.75) is 18.7 Å². The highest BCUT2D eigenvalue weighted by Gasteiger charge is 2.08. The maximum atomic E-state index is 10.5. The minimum Gasteiger partial charge on any atom is -0.481 e. The van der Waals surface area contributed by atoms with Crippen LogP contribution in [0.3, 0.4) is 0 Å². The number of hydrogen-bond donors (Lipinski definition) is 1. The monoisotopic (exact) mass is 276 g/mol. The minimum absolute atomic E-state index is 0.0256. The maximum Gasteiger partial charge on any atom is 0.307 e. The van der Waals surface area contributed by atoms with Crippen LogP contribution >= 0.6 is 27.5 Å². The Kier molecular flexibility index (Phi) is 3.96. The predicted octanol–water partition coefficient (Wildman–Crippen LogP) is 3.17. The van der Waals surface area contributed by atoms with E-state index in [2.05, 4.69) is 15.9 Å². The number of rotatable bonds is 3. The normalized spacial score (nSPS) is 10.2. The van der Waals surface area contributed by atoms with Crippen molar-refractivity contribution in [2.75, 3.05) is 0 Å². The van der Waals surface area contributed by atoms with Crippen LogP contribution in [0.1, 0.15) is 16.7 Å². The van der Waals surface area contributed by atoms with Gasteiger partial charge in [0.15, 0.2) is 0 Å². The lowest BCUT2D eigenvalue weighted by molar-refractivity contribution is -0.136. The zero-order valence-electron chi connectivity index (χ0n) is 7.68. The molecule has 0 aromatic heterocycles. The zero-order chi connectivity index (χ0) is 10.7. The third kappa shape index (κ3) is 2.72. The minimum atomic E-state index is -0.863. The largest absolute Gasteiger partial charge is 0.481 e. The number of aryl methyl sites for hydroxylation is 1. The molecule has 0 aliphatic heterocycles. The first-order chi connectivity index (χ1) is 6.54. The second kappa shape index (κ2) is 4.80. The Morgan fingerprint density at radius 3 is 2.64 bits per heavy atom. The van der Waals surface area contributed by atoms with Crippen LogP contribution in [0.4, 0.5) is 0 Å². The Morgan fingerprint density at radius 2 is 2.14 bits per heavy atom. The molecular formula is C10H10BrClO2. The predicted molar refractivity (Wildman–Crippen MR) is 60.2 cm³/mol. The summed E-state index contributed by atoms with van der Waals surface area (Å²) in [6.45, 7) is 1.94. The molecule has 0 saturated heterocycles. The van der Waals surface area contributed by atoms with Gasteiger partial charge in [0.25, 0.3) is 0 Å². The molecule has 2 nitrogen and oxygen atoms in total. The molecule has 0 aliphatic rings. The molecule has 0 aliphatic carbocycles. The molecule has 1 N–H and O–H groups in total. The van der Waals surface area contributed by atoms with Crippen molar-refractivity contribution < 1.29 is 9.90 Å². The zero-order valence-corrected chi connectivity index (χ0v) is 10.0. The summed E-state index contributed by atoms with van der Waals surface area (Å²) in [5, 5.41) is 9.89. The second-order valence-corrected chi connectivity index (χ2v) is 4.04. The van der Waals surface area contributed by atoms with E-state index in [0.29, 0.717) is 10.6 Å². The number of halogens is 2. The molecule has 76 valence electrons. The molecule has 1 aromatic rings. The Morgan fingerprint density at radius 1 is 1.50 bits per heavy atom. The molecule has 0 atom stereocenters. The molecule has 0 bridgehead atoms. The number of alkyl halides is 1. The highest BCUT2D eigenvalue weighted by molar-refractivity contribution is 9.08. The number of carbonyl (C=O) groups is 1. The van der Waals surface area contributed by atoms with Crippen LogP contribution in [0, 0.1) is 6.92 Å². The van der Waals surface area contributed by atoms with Crippen molar-refractivity contribution in [3.63, 3.8) is 0 Å². The average Bonchev–Trinajstić information content (AvgIpc) is 2.10. The number of aliphatic carboxylic acids is 1. The van der Waals surface area contributed by atoms with Crippen LogP contribution in [0.2, 0.25) is 5.02 Å². The van der Waals surface area contributed by atoms with E-state index in [1.165, 1.54) is 0 Å². The van der Waals surface area contributed by atoms with Crippen molar-refractivity contribution in [3.05, 3.63) is 33.8 Å². The molecule has 0 saturated carbocycles. The molecule has 4 heteroatoms. The summed E-state index contributed by atoms with van der Waals surface area (Å²) in [5.74, 6) is -0.863. The van der Waals surface area contributed by atoms with E-state index >= 15 is 0 Å². The van der Waals surface area contributed by atoms with E-state index in [0.717, 1.165) is 16.5 Å². The molecular weight excluding hydrogens is 267 g/mol. The van der Waals surface area contributed by atoms with Gasteiger partial charge in [0.05, 0.1) is 6.42 Å². The summed E-state index contributed by atoms with van der Waals surface area (Å²) in [4.78, 5) is 10.5. The third-order valence-corrected chi connectivity index (χ3v) is 2.95. The molecule has 0 spiro atoms. The van der Waals surface area contributed by atoms with Gasteiger partial charge in [-0.05, 0) is 29.7 Å². The van der Waals surface area contributed by atoms with E-state index in [4.69, 9.17) is 16.7 Å². The van der Waals surface area contributed by atoms with Crippen molar-refractivity contribution in [1.29, 1.82) is 0 Å². The quantitative estimate of drug-likeness (QED) is 0.862. The standard InChI is InChI=1S/C10H10BrClO2/c1-6-2-7(4-10(13)14)9(12)3-8(6)5-11/h2-3H,4-5H2,1H3,(H,13,14). The number of carboxylic acid groups (broad SMARTS) is 1.